The van der Waals surface area contributed by atoms with Gasteiger partial charge in [-0.25, -0.2) is 9.59 Å². The first-order valence-corrected chi connectivity index (χ1v) is 11.2. The van der Waals surface area contributed by atoms with E-state index in [0.717, 1.165) is 37.4 Å². The van der Waals surface area contributed by atoms with Crippen LogP contribution >= 0.6 is 0 Å². The van der Waals surface area contributed by atoms with E-state index in [4.69, 9.17) is 10.2 Å². The van der Waals surface area contributed by atoms with Gasteiger partial charge < -0.3 is 30.0 Å². The molecule has 0 saturated heterocycles. The molecule has 36 heavy (non-hydrogen) atoms. The van der Waals surface area contributed by atoms with Crippen LogP contribution in [0.15, 0.2) is 71.9 Å². The van der Waals surface area contributed by atoms with Crippen LogP contribution in [0.5, 0.6) is 0 Å². The van der Waals surface area contributed by atoms with Crippen molar-refractivity contribution in [1.82, 2.24) is 14.5 Å². The fraction of sp³-hybridized carbons (Fsp3) is 0.231. The van der Waals surface area contributed by atoms with Crippen molar-refractivity contribution in [2.45, 2.75) is 6.92 Å². The van der Waals surface area contributed by atoms with E-state index in [1.165, 1.54) is 17.0 Å². The predicted molar refractivity (Wildman–Crippen MR) is 140 cm³/mol. The van der Waals surface area contributed by atoms with Crippen LogP contribution in [-0.4, -0.2) is 63.0 Å². The van der Waals surface area contributed by atoms with Gasteiger partial charge >= 0.3 is 11.9 Å². The second-order valence-corrected chi connectivity index (χ2v) is 7.74. The highest BCUT2D eigenvalue weighted by atomic mass is 16.4. The van der Waals surface area contributed by atoms with Gasteiger partial charge in [0, 0.05) is 55.9 Å². The summed E-state index contributed by atoms with van der Waals surface area (Å²) >= 11 is 0. The van der Waals surface area contributed by atoms with E-state index in [1.807, 2.05) is 19.3 Å². The van der Waals surface area contributed by atoms with Gasteiger partial charge in [-0.1, -0.05) is 18.2 Å². The number of amidine groups is 1. The number of rotatable bonds is 7. The maximum absolute atomic E-state index is 10.1. The van der Waals surface area contributed by atoms with E-state index < -0.39 is 11.9 Å². The van der Waals surface area contributed by atoms with Crippen LogP contribution < -0.4 is 10.6 Å². The average Bonchev–Trinajstić information content (AvgIpc) is 3.60. The predicted octanol–water partition coefficient (Wildman–Crippen LogP) is 2.96. The number of aromatic nitrogens is 2. The molecule has 0 radical (unpaired) electrons. The molecule has 0 saturated carbocycles. The molecule has 0 atom stereocenters. The van der Waals surface area contributed by atoms with Crippen molar-refractivity contribution in [3.63, 3.8) is 0 Å². The van der Waals surface area contributed by atoms with Crippen molar-refractivity contribution >= 4 is 29.7 Å². The van der Waals surface area contributed by atoms with E-state index in [1.54, 1.807) is 10.6 Å². The Morgan fingerprint density at radius 2 is 1.75 bits per heavy atom. The number of aliphatic imine (C=N–C) groups is 1. The van der Waals surface area contributed by atoms with E-state index in [0.29, 0.717) is 17.8 Å². The summed E-state index contributed by atoms with van der Waals surface area (Å²) in [4.78, 5) is 33.6. The number of hydrogen-bond acceptors (Lipinski definition) is 6. The maximum Gasteiger partial charge on any atom is 0.328 e. The highest BCUT2D eigenvalue weighted by Crippen LogP contribution is 2.28. The molecule has 10 heteroatoms. The molecule has 1 aromatic carbocycles. The number of anilines is 1. The van der Waals surface area contributed by atoms with E-state index >= 15 is 0 Å². The number of carboxylic acid groups (broad SMARTS) is 2. The first-order chi connectivity index (χ1) is 17.2. The Morgan fingerprint density at radius 3 is 2.22 bits per heavy atom. The number of aldehydes is 1. The quantitative estimate of drug-likeness (QED) is 0.293. The normalized spacial score (nSPS) is 11.9. The number of para-hydroxylation sites is 1. The molecule has 0 bridgehead atoms. The molecule has 3 heterocycles. The van der Waals surface area contributed by atoms with Crippen molar-refractivity contribution in [1.29, 1.82) is 0 Å². The summed E-state index contributed by atoms with van der Waals surface area (Å²) in [5.74, 6) is -1.47. The second kappa shape index (κ2) is 14.0. The molecule has 190 valence electrons. The van der Waals surface area contributed by atoms with Gasteiger partial charge in [0.2, 0.25) is 0 Å². The molecule has 0 unspecified atom stereocenters. The summed E-state index contributed by atoms with van der Waals surface area (Å²) in [6.07, 6.45) is 3.79. The molecular weight excluding hydrogens is 462 g/mol. The molecule has 2 aromatic heterocycles. The Morgan fingerprint density at radius 1 is 1.06 bits per heavy atom. The van der Waals surface area contributed by atoms with Gasteiger partial charge in [0.1, 0.15) is 5.84 Å². The van der Waals surface area contributed by atoms with Crippen LogP contribution in [0.2, 0.25) is 0 Å². The third-order valence-electron chi connectivity index (χ3n) is 5.24. The third kappa shape index (κ3) is 8.64. The largest absolute Gasteiger partial charge is 0.478 e. The summed E-state index contributed by atoms with van der Waals surface area (Å²) in [6.45, 7) is 4.71. The monoisotopic (exact) mass is 493 g/mol. The van der Waals surface area contributed by atoms with E-state index in [2.05, 4.69) is 70.6 Å². The lowest BCUT2D eigenvalue weighted by Gasteiger charge is -2.13. The number of carbonyl (C=O) groups excluding carboxylic acids is 1. The Balaban J connectivity index is 0.000000236. The molecule has 1 aliphatic rings. The minimum atomic E-state index is -1.26. The minimum Gasteiger partial charge on any atom is -0.478 e. The van der Waals surface area contributed by atoms with Crippen LogP contribution in [0.4, 0.5) is 5.69 Å². The van der Waals surface area contributed by atoms with Crippen LogP contribution in [0.1, 0.15) is 16.2 Å². The first kappa shape index (κ1) is 27.6. The fourth-order valence-electron chi connectivity index (χ4n) is 3.23. The molecular formula is C26H31N5O5. The molecule has 0 fully saturated rings. The van der Waals surface area contributed by atoms with Crippen molar-refractivity contribution in [2.24, 2.45) is 19.1 Å². The molecule has 0 amide bonds. The van der Waals surface area contributed by atoms with E-state index in [-0.39, 0.29) is 0 Å². The molecule has 0 spiro atoms. The summed E-state index contributed by atoms with van der Waals surface area (Å²) < 4.78 is 3.98. The number of aryl methyl sites for hydroxylation is 2. The minimum absolute atomic E-state index is 0.558. The van der Waals surface area contributed by atoms with Crippen LogP contribution in [0, 0.1) is 6.92 Å². The van der Waals surface area contributed by atoms with Crippen LogP contribution in [-0.2, 0) is 23.7 Å². The summed E-state index contributed by atoms with van der Waals surface area (Å²) in [5, 5.41) is 22.4. The maximum atomic E-state index is 10.1. The standard InChI is InChI=1S/C16H20N4.C6H7NO.C4H4O4/c1-12-7-8-15(20(12)2)13-5-3-4-6-14(13)19-11-16-17-9-10-18-16;1-7-4-2-3-6(7)5-8;5-3(6)1-2-4(7)8/h3-8,19H,9-11H2,1-2H3,(H,17,18);2-5H,1H3;1-2H,(H,5,6)(H,7,8). The highest BCUT2D eigenvalue weighted by molar-refractivity contribution is 5.90. The molecule has 0 aliphatic carbocycles. The first-order valence-electron chi connectivity index (χ1n) is 11.2. The zero-order valence-electron chi connectivity index (χ0n) is 20.5. The smallest absolute Gasteiger partial charge is 0.328 e. The van der Waals surface area contributed by atoms with Gasteiger partial charge in [0.25, 0.3) is 0 Å². The van der Waals surface area contributed by atoms with Crippen LogP contribution in [0.3, 0.4) is 0 Å². The summed E-state index contributed by atoms with van der Waals surface area (Å²) in [7, 11) is 3.94. The van der Waals surface area contributed by atoms with Gasteiger partial charge in [-0.3, -0.25) is 9.79 Å². The van der Waals surface area contributed by atoms with Gasteiger partial charge in [-0.2, -0.15) is 0 Å². The molecule has 1 aliphatic heterocycles. The zero-order chi connectivity index (χ0) is 26.5. The van der Waals surface area contributed by atoms with Gasteiger partial charge in [-0.15, -0.1) is 0 Å². The lowest BCUT2D eigenvalue weighted by atomic mass is 10.1. The SMILES string of the molecule is Cc1ccc(-c2ccccc2NCC2=NCCN2)n1C.Cn1cccc1C=O.O=C(O)C=CC(=O)O. The highest BCUT2D eigenvalue weighted by Gasteiger charge is 2.10. The van der Waals surface area contributed by atoms with Crippen molar-refractivity contribution in [2.75, 3.05) is 25.0 Å². The number of aliphatic carboxylic acids is 2. The summed E-state index contributed by atoms with van der Waals surface area (Å²) in [5.41, 5.74) is 5.57. The Bertz CT molecular complexity index is 1220. The van der Waals surface area contributed by atoms with Gasteiger partial charge in [-0.05, 0) is 37.3 Å². The van der Waals surface area contributed by atoms with E-state index in [9.17, 15) is 14.4 Å². The number of carbonyl (C=O) groups is 3. The molecule has 4 rings (SSSR count). The summed E-state index contributed by atoms with van der Waals surface area (Å²) in [6, 6.07) is 16.3. The number of nitrogens with zero attached hydrogens (tertiary/aromatic N) is 3. The fourth-order valence-corrected chi connectivity index (χ4v) is 3.23. The third-order valence-corrected chi connectivity index (χ3v) is 5.24. The number of carboxylic acids is 2. The van der Waals surface area contributed by atoms with Gasteiger partial charge in [0.05, 0.1) is 24.5 Å². The lowest BCUT2D eigenvalue weighted by molar-refractivity contribution is -0.134. The molecule has 3 aromatic rings. The van der Waals surface area contributed by atoms with Crippen molar-refractivity contribution < 1.29 is 24.6 Å². The number of benzene rings is 1. The Labute approximate surface area is 209 Å². The van der Waals surface area contributed by atoms with Crippen molar-refractivity contribution in [3.8, 4) is 11.3 Å². The number of nitrogens with one attached hydrogen (secondary N) is 2. The Hall–Kier alpha value is -4.60. The zero-order valence-corrected chi connectivity index (χ0v) is 20.5. The molecule has 4 N–H and O–H groups in total. The van der Waals surface area contributed by atoms with Crippen molar-refractivity contribution in [3.05, 3.63) is 78.3 Å². The molecule has 10 nitrogen and oxygen atoms in total. The lowest BCUT2D eigenvalue weighted by Crippen LogP contribution is -2.26. The number of hydrogen-bond donors (Lipinski definition) is 4. The Kier molecular flexibility index (Phi) is 10.7. The van der Waals surface area contributed by atoms with Crippen LogP contribution in [0.25, 0.3) is 11.3 Å². The topological polar surface area (TPSA) is 138 Å². The average molecular weight is 494 g/mol. The second-order valence-electron chi connectivity index (χ2n) is 7.74. The van der Waals surface area contributed by atoms with Gasteiger partial charge in [0.15, 0.2) is 6.29 Å².